The van der Waals surface area contributed by atoms with E-state index < -0.39 is 0 Å². The Hall–Kier alpha value is 2.76. The molecule has 0 atom stereocenters. The van der Waals surface area contributed by atoms with Crippen molar-refractivity contribution in [1.29, 1.82) is 0 Å². The maximum Gasteiger partial charge on any atom is 0.0482 e. The molecule has 9 heteroatoms. The number of rotatable bonds is 3. The molecule has 0 bridgehead atoms. The van der Waals surface area contributed by atoms with Crippen LogP contribution in [-0.4, -0.2) is 0 Å². The molecule has 0 amide bonds. The topological polar surface area (TPSA) is 0 Å². The summed E-state index contributed by atoms with van der Waals surface area (Å²) in [5.41, 5.74) is 2.25. The van der Waals surface area contributed by atoms with E-state index >= 15 is 0 Å². The summed E-state index contributed by atoms with van der Waals surface area (Å²) in [5.74, 6) is 0. The highest BCUT2D eigenvalue weighted by molar-refractivity contribution is 9.16. The number of benzene rings is 2. The molecule has 2 rings (SSSR count). The van der Waals surface area contributed by atoms with Crippen LogP contribution in [0.4, 0.5) is 0 Å². The summed E-state index contributed by atoms with van der Waals surface area (Å²) in [5, 5.41) is 0. The van der Waals surface area contributed by atoms with Gasteiger partial charge in [0, 0.05) is 40.3 Å². The van der Waals surface area contributed by atoms with Gasteiger partial charge in [-0.05, 0) is 173 Å². The van der Waals surface area contributed by atoms with Crippen LogP contribution in [0.15, 0.2) is 46.3 Å². The lowest BCUT2D eigenvalue weighted by Crippen LogP contribution is -1.96. The van der Waals surface area contributed by atoms with Crippen molar-refractivity contribution in [2.45, 2.75) is 6.42 Å². The molecule has 0 aliphatic carbocycles. The molecule has 0 aliphatic rings. The van der Waals surface area contributed by atoms with Crippen molar-refractivity contribution in [2.75, 3.05) is 0 Å². The van der Waals surface area contributed by atoms with Crippen LogP contribution in [0.5, 0.6) is 0 Å². The maximum absolute atomic E-state index is 3.66. The van der Waals surface area contributed by atoms with Crippen LogP contribution in [-0.2, 0) is 6.42 Å². The van der Waals surface area contributed by atoms with Gasteiger partial charge in [-0.2, -0.15) is 0 Å². The van der Waals surface area contributed by atoms with Gasteiger partial charge in [0.05, 0.1) is 0 Å². The van der Waals surface area contributed by atoms with Crippen molar-refractivity contribution in [3.05, 3.63) is 63.9 Å². The van der Waals surface area contributed by atoms with E-state index in [1.807, 2.05) is 0 Å². The summed E-state index contributed by atoms with van der Waals surface area (Å²) in [6.07, 6.45) is 2.93. The van der Waals surface area contributed by atoms with Gasteiger partial charge in [0.1, 0.15) is 0 Å². The Morgan fingerprint density at radius 2 is 1.00 bits per heavy atom. The Balaban J connectivity index is 2.40. The monoisotopic (exact) mass is 882 g/mol. The molecule has 2 aromatic rings. The van der Waals surface area contributed by atoms with Crippen molar-refractivity contribution < 1.29 is 0 Å². The van der Waals surface area contributed by atoms with Crippen molar-refractivity contribution in [1.82, 2.24) is 0 Å². The van der Waals surface area contributed by atoms with Crippen LogP contribution in [0.1, 0.15) is 11.1 Å². The van der Waals surface area contributed by atoms with Crippen molar-refractivity contribution >= 4 is 143 Å². The fourth-order valence-corrected chi connectivity index (χ4v) is 7.44. The highest BCUT2D eigenvalue weighted by Gasteiger charge is 2.19. The van der Waals surface area contributed by atoms with E-state index in [9.17, 15) is 0 Å². The summed E-state index contributed by atoms with van der Waals surface area (Å²) in [4.78, 5) is 0. The second kappa shape index (κ2) is 9.30. The largest absolute Gasteiger partial charge is 0.0496 e. The van der Waals surface area contributed by atoms with Crippen LogP contribution in [0, 0.1) is 6.42 Å². The molecule has 0 saturated heterocycles. The van der Waals surface area contributed by atoms with Crippen LogP contribution in [0.2, 0.25) is 0 Å². The second-order valence-electron chi connectivity index (χ2n) is 4.35. The van der Waals surface area contributed by atoms with Gasteiger partial charge in [0.2, 0.25) is 0 Å². The van der Waals surface area contributed by atoms with Crippen LogP contribution >= 0.6 is 143 Å². The summed E-state index contributed by atoms with van der Waals surface area (Å²) < 4.78 is 8.93. The third-order valence-corrected chi connectivity index (χ3v) is 13.9. The van der Waals surface area contributed by atoms with Gasteiger partial charge in [-0.25, -0.2) is 0 Å². The highest BCUT2D eigenvalue weighted by atomic mass is 79.9. The van der Waals surface area contributed by atoms with E-state index in [1.165, 1.54) is 0 Å². The van der Waals surface area contributed by atoms with E-state index in [2.05, 4.69) is 156 Å². The molecule has 0 heterocycles. The van der Waals surface area contributed by atoms with E-state index in [4.69, 9.17) is 0 Å². The molecule has 0 fully saturated rings. The summed E-state index contributed by atoms with van der Waals surface area (Å²) in [6.45, 7) is 0. The molecule has 0 nitrogen and oxygen atoms in total. The second-order valence-corrected chi connectivity index (χ2v) is 11.5. The van der Waals surface area contributed by atoms with Gasteiger partial charge in [-0.1, -0.05) is 0 Å². The quantitative estimate of drug-likeness (QED) is 0.213. The molecule has 2 aromatic carbocycles. The first-order valence-corrected chi connectivity index (χ1v) is 13.0. The lowest BCUT2D eigenvalue weighted by atomic mass is 10.0. The summed E-state index contributed by atoms with van der Waals surface area (Å²) >= 11 is 32.4. The van der Waals surface area contributed by atoms with E-state index in [-0.39, 0.29) is 0 Å². The van der Waals surface area contributed by atoms with Crippen molar-refractivity contribution in [2.24, 2.45) is 0 Å². The minimum Gasteiger partial charge on any atom is -0.0496 e. The fourth-order valence-electron chi connectivity index (χ4n) is 1.78. The van der Waals surface area contributed by atoms with Crippen LogP contribution < -0.4 is 0 Å². The van der Waals surface area contributed by atoms with E-state index in [0.717, 1.165) is 57.8 Å². The predicted octanol–water partition coefficient (Wildman–Crippen LogP) is 10.3. The van der Waals surface area contributed by atoms with E-state index in [0.29, 0.717) is 0 Å². The molecular formula is C14H4Br9. The maximum atomic E-state index is 3.66. The first-order valence-electron chi connectivity index (χ1n) is 5.83. The molecule has 0 spiro atoms. The SMILES string of the molecule is Brc1cc([CH]Cc2c(Br)c(Br)c(Br)c(Br)c2Br)c(Br)c(Br)c1Br. The Labute approximate surface area is 210 Å². The first kappa shape index (κ1) is 22.1. The minimum absolute atomic E-state index is 0.755. The van der Waals surface area contributed by atoms with Gasteiger partial charge < -0.3 is 0 Å². The Morgan fingerprint density at radius 3 is 1.52 bits per heavy atom. The minimum atomic E-state index is 0.755. The van der Waals surface area contributed by atoms with E-state index in [1.54, 1.807) is 0 Å². The predicted molar refractivity (Wildman–Crippen MR) is 129 cm³/mol. The highest BCUT2D eigenvalue weighted by Crippen LogP contribution is 2.45. The Bertz CT molecular complexity index is 754. The Kier molecular flexibility index (Phi) is 8.92. The number of hydrogen-bond donors (Lipinski definition) is 0. The average Bonchev–Trinajstić information content (AvgIpc) is 2.53. The third-order valence-electron chi connectivity index (χ3n) is 2.96. The molecule has 0 saturated carbocycles. The molecule has 0 aromatic heterocycles. The third kappa shape index (κ3) is 4.79. The molecule has 0 N–H and O–H groups in total. The molecule has 1 radical (unpaired) electrons. The van der Waals surface area contributed by atoms with Crippen LogP contribution in [0.25, 0.3) is 0 Å². The molecule has 0 aliphatic heterocycles. The summed E-state index contributed by atoms with van der Waals surface area (Å²) in [7, 11) is 0. The number of halogens is 9. The smallest absolute Gasteiger partial charge is 0.0482 e. The Morgan fingerprint density at radius 1 is 0.565 bits per heavy atom. The van der Waals surface area contributed by atoms with Gasteiger partial charge in [0.15, 0.2) is 0 Å². The zero-order chi connectivity index (χ0) is 17.5. The van der Waals surface area contributed by atoms with Crippen LogP contribution in [0.3, 0.4) is 0 Å². The normalized spacial score (nSPS) is 11.2. The fraction of sp³-hybridized carbons (Fsp3) is 0.0714. The first-order chi connectivity index (χ1) is 10.7. The van der Waals surface area contributed by atoms with Gasteiger partial charge in [-0.15, -0.1) is 0 Å². The molecule has 123 valence electrons. The standard InChI is InChI=1S/C14H4Br9/c15-6-3-4(7(16)11(20)10(6)19)1-2-5-8(17)12(21)14(23)13(22)9(5)18/h1,3H,2H2. The molecule has 23 heavy (non-hydrogen) atoms. The zero-order valence-corrected chi connectivity index (χ0v) is 25.0. The van der Waals surface area contributed by atoms with Crippen molar-refractivity contribution in [3.63, 3.8) is 0 Å². The van der Waals surface area contributed by atoms with Gasteiger partial charge in [-0.3, -0.25) is 0 Å². The van der Waals surface area contributed by atoms with Crippen molar-refractivity contribution in [3.8, 4) is 0 Å². The molecule has 0 unspecified atom stereocenters. The lowest BCUT2D eigenvalue weighted by molar-refractivity contribution is 1.12. The average molecular weight is 891 g/mol. The lowest BCUT2D eigenvalue weighted by Gasteiger charge is -2.15. The molecular weight excluding hydrogens is 887 g/mol. The zero-order valence-electron chi connectivity index (χ0n) is 10.8. The summed E-state index contributed by atoms with van der Waals surface area (Å²) in [6, 6.07) is 2.07. The van der Waals surface area contributed by atoms with Gasteiger partial charge >= 0.3 is 0 Å². The number of hydrogen-bond acceptors (Lipinski definition) is 0. The van der Waals surface area contributed by atoms with Gasteiger partial charge in [0.25, 0.3) is 0 Å².